The maximum Gasteiger partial charge on any atom is 0.338 e. The van der Waals surface area contributed by atoms with Crippen molar-refractivity contribution in [3.05, 3.63) is 88.6 Å². The van der Waals surface area contributed by atoms with Gasteiger partial charge in [-0.3, -0.25) is 14.4 Å². The number of nitrogens with one attached hydrogen (secondary N) is 2. The Morgan fingerprint density at radius 2 is 1.65 bits per heavy atom. The summed E-state index contributed by atoms with van der Waals surface area (Å²) >= 11 is 6.27. The molecule has 0 unspecified atom stereocenters. The minimum Gasteiger partial charge on any atom is -0.497 e. The summed E-state index contributed by atoms with van der Waals surface area (Å²) < 4.78 is 15.7. The average Bonchev–Trinajstić information content (AvgIpc) is 3.18. The maximum atomic E-state index is 13.3. The fourth-order valence-corrected chi connectivity index (χ4v) is 4.10. The smallest absolute Gasteiger partial charge is 0.338 e. The minimum atomic E-state index is -0.757. The zero-order valence-electron chi connectivity index (χ0n) is 21.9. The van der Waals surface area contributed by atoms with Crippen molar-refractivity contribution in [1.82, 2.24) is 0 Å². The number of methoxy groups -OCH3 is 2. The number of hydrogen-bond acceptors (Lipinski definition) is 8. The third-order valence-electron chi connectivity index (χ3n) is 5.85. The number of imide groups is 1. The Bertz CT molecular complexity index is 1520. The van der Waals surface area contributed by atoms with E-state index in [1.807, 2.05) is 6.92 Å². The van der Waals surface area contributed by atoms with Crippen molar-refractivity contribution >= 4 is 52.4 Å². The number of rotatable bonds is 10. The largest absolute Gasteiger partial charge is 0.497 e. The van der Waals surface area contributed by atoms with Crippen molar-refractivity contribution in [2.24, 2.45) is 0 Å². The first kappa shape index (κ1) is 28.2. The fraction of sp³-hybridized carbons (Fsp3) is 0.172. The highest BCUT2D eigenvalue weighted by molar-refractivity contribution is 6.53. The van der Waals surface area contributed by atoms with Crippen LogP contribution in [-0.2, 0) is 14.3 Å². The Kier molecular flexibility index (Phi) is 8.70. The van der Waals surface area contributed by atoms with Crippen molar-refractivity contribution in [1.29, 1.82) is 0 Å². The molecule has 3 aromatic rings. The van der Waals surface area contributed by atoms with Gasteiger partial charge in [0.2, 0.25) is 0 Å². The molecular formula is C29H26ClN3O7. The van der Waals surface area contributed by atoms with E-state index >= 15 is 0 Å². The molecule has 0 fully saturated rings. The van der Waals surface area contributed by atoms with Gasteiger partial charge in [0.25, 0.3) is 17.7 Å². The number of benzene rings is 3. The van der Waals surface area contributed by atoms with Crippen molar-refractivity contribution in [2.45, 2.75) is 13.3 Å². The molecule has 0 atom stereocenters. The molecule has 1 aliphatic heterocycles. The summed E-state index contributed by atoms with van der Waals surface area (Å²) in [6.45, 7) is 2.11. The van der Waals surface area contributed by atoms with Crippen molar-refractivity contribution in [3.63, 3.8) is 0 Å². The number of amides is 3. The Labute approximate surface area is 235 Å². The number of nitrogens with zero attached hydrogens (tertiary/aromatic N) is 1. The number of carbonyl (C=O) groups excluding carboxylic acids is 4. The van der Waals surface area contributed by atoms with Gasteiger partial charge in [0, 0.05) is 17.3 Å². The van der Waals surface area contributed by atoms with E-state index in [2.05, 4.69) is 10.6 Å². The van der Waals surface area contributed by atoms with Crippen molar-refractivity contribution in [2.75, 3.05) is 36.4 Å². The minimum absolute atomic E-state index is 0.163. The lowest BCUT2D eigenvalue weighted by Crippen LogP contribution is -2.32. The van der Waals surface area contributed by atoms with Crippen LogP contribution in [0, 0.1) is 0 Å². The van der Waals surface area contributed by atoms with E-state index in [0.29, 0.717) is 29.3 Å². The Hall–Kier alpha value is -4.83. The topological polar surface area (TPSA) is 123 Å². The predicted molar refractivity (Wildman–Crippen MR) is 150 cm³/mol. The zero-order chi connectivity index (χ0) is 28.8. The van der Waals surface area contributed by atoms with Crippen LogP contribution >= 0.6 is 11.6 Å². The standard InChI is InChI=1S/C29H26ClN3O7/c1-4-13-40-29(37)18-8-6-10-20(15-18)33-27(35)24(30)25(28(33)36)31-19-9-5-7-17(14-19)26(34)32-22-16-21(38-2)11-12-23(22)39-3/h5-12,14-16,31H,4,13H2,1-3H3,(H,32,34). The predicted octanol–water partition coefficient (Wildman–Crippen LogP) is 4.96. The van der Waals surface area contributed by atoms with Gasteiger partial charge in [-0.25, -0.2) is 9.69 Å². The molecule has 0 aliphatic carbocycles. The maximum absolute atomic E-state index is 13.3. The summed E-state index contributed by atoms with van der Waals surface area (Å²) in [7, 11) is 2.99. The van der Waals surface area contributed by atoms with Gasteiger partial charge in [0.05, 0.1) is 37.8 Å². The average molecular weight is 564 g/mol. The summed E-state index contributed by atoms with van der Waals surface area (Å²) in [5.41, 5.74) is 1.20. The molecular weight excluding hydrogens is 538 g/mol. The molecule has 0 bridgehead atoms. The van der Waals surface area contributed by atoms with E-state index in [4.69, 9.17) is 25.8 Å². The van der Waals surface area contributed by atoms with Crippen LogP contribution in [0.3, 0.4) is 0 Å². The van der Waals surface area contributed by atoms with Gasteiger partial charge >= 0.3 is 5.97 Å². The van der Waals surface area contributed by atoms with E-state index in [0.717, 1.165) is 4.90 Å². The number of ether oxygens (including phenoxy) is 3. The van der Waals surface area contributed by atoms with Crippen LogP contribution in [0.1, 0.15) is 34.1 Å². The fourth-order valence-electron chi connectivity index (χ4n) is 3.88. The first-order valence-electron chi connectivity index (χ1n) is 12.2. The SMILES string of the molecule is CCCOC(=O)c1cccc(N2C(=O)C(Cl)=C(Nc3cccc(C(=O)Nc4cc(OC)ccc4OC)c3)C2=O)c1. The van der Waals surface area contributed by atoms with Crippen molar-refractivity contribution in [3.8, 4) is 11.5 Å². The number of halogens is 1. The summed E-state index contributed by atoms with van der Waals surface area (Å²) in [4.78, 5) is 52.3. The number of anilines is 3. The van der Waals surface area contributed by atoms with E-state index in [9.17, 15) is 19.2 Å². The van der Waals surface area contributed by atoms with Crippen LogP contribution in [0.25, 0.3) is 0 Å². The van der Waals surface area contributed by atoms with Gasteiger partial charge < -0.3 is 24.8 Å². The second kappa shape index (κ2) is 12.4. The molecule has 3 aromatic carbocycles. The molecule has 0 saturated carbocycles. The van der Waals surface area contributed by atoms with E-state index in [1.165, 1.54) is 44.6 Å². The lowest BCUT2D eigenvalue weighted by atomic mass is 10.1. The number of carbonyl (C=O) groups is 4. The van der Waals surface area contributed by atoms with Gasteiger partial charge in [-0.1, -0.05) is 30.7 Å². The summed E-state index contributed by atoms with van der Waals surface area (Å²) in [5.74, 6) is -1.51. The zero-order valence-corrected chi connectivity index (χ0v) is 22.7. The molecule has 0 saturated heterocycles. The van der Waals surface area contributed by atoms with Gasteiger partial charge in [-0.15, -0.1) is 0 Å². The van der Waals surface area contributed by atoms with Crippen LogP contribution < -0.4 is 25.0 Å². The molecule has 0 aromatic heterocycles. The second-order valence-corrected chi connectivity index (χ2v) is 8.93. The normalized spacial score (nSPS) is 12.8. The highest BCUT2D eigenvalue weighted by atomic mass is 35.5. The van der Waals surface area contributed by atoms with Crippen molar-refractivity contribution < 1.29 is 33.4 Å². The molecule has 3 amide bonds. The molecule has 2 N–H and O–H groups in total. The monoisotopic (exact) mass is 563 g/mol. The van der Waals surface area contributed by atoms with Crippen LogP contribution in [0.5, 0.6) is 11.5 Å². The van der Waals surface area contributed by atoms with Gasteiger partial charge in [-0.2, -0.15) is 0 Å². The van der Waals surface area contributed by atoms with Crippen LogP contribution in [0.15, 0.2) is 77.5 Å². The van der Waals surface area contributed by atoms with E-state index < -0.39 is 23.7 Å². The van der Waals surface area contributed by atoms with Crippen LogP contribution in [-0.4, -0.2) is 44.5 Å². The van der Waals surface area contributed by atoms with Crippen LogP contribution in [0.2, 0.25) is 0 Å². The quantitative estimate of drug-likeness (QED) is 0.262. The number of esters is 1. The van der Waals surface area contributed by atoms with E-state index in [-0.39, 0.29) is 34.2 Å². The molecule has 0 spiro atoms. The Balaban J connectivity index is 1.53. The molecule has 11 heteroatoms. The van der Waals surface area contributed by atoms with E-state index in [1.54, 1.807) is 36.4 Å². The lowest BCUT2D eigenvalue weighted by molar-refractivity contribution is -0.120. The third kappa shape index (κ3) is 5.92. The first-order chi connectivity index (χ1) is 19.3. The van der Waals surface area contributed by atoms with Gasteiger partial charge in [-0.05, 0) is 55.0 Å². The highest BCUT2D eigenvalue weighted by Crippen LogP contribution is 2.32. The molecule has 1 heterocycles. The number of hydrogen-bond donors (Lipinski definition) is 2. The molecule has 4 rings (SSSR count). The Morgan fingerprint density at radius 1 is 0.900 bits per heavy atom. The summed E-state index contributed by atoms with van der Waals surface area (Å²) in [6.07, 6.45) is 0.654. The van der Waals surface area contributed by atoms with Gasteiger partial charge in [0.1, 0.15) is 22.2 Å². The third-order valence-corrected chi connectivity index (χ3v) is 6.20. The lowest BCUT2D eigenvalue weighted by Gasteiger charge is -2.16. The summed E-state index contributed by atoms with van der Waals surface area (Å²) in [6, 6.07) is 17.3. The molecule has 206 valence electrons. The molecule has 1 aliphatic rings. The Morgan fingerprint density at radius 3 is 2.38 bits per heavy atom. The summed E-state index contributed by atoms with van der Waals surface area (Å²) in [5, 5.41) is 5.30. The first-order valence-corrected chi connectivity index (χ1v) is 12.6. The second-order valence-electron chi connectivity index (χ2n) is 8.55. The van der Waals surface area contributed by atoms with Gasteiger partial charge in [0.15, 0.2) is 0 Å². The molecule has 40 heavy (non-hydrogen) atoms. The van der Waals surface area contributed by atoms with Crippen LogP contribution in [0.4, 0.5) is 17.1 Å². The molecule has 0 radical (unpaired) electrons. The molecule has 10 nitrogen and oxygen atoms in total. The highest BCUT2D eigenvalue weighted by Gasteiger charge is 2.39.